The second kappa shape index (κ2) is 5.72. The first-order valence-electron chi connectivity index (χ1n) is 5.08. The number of benzene rings is 1. The van der Waals surface area contributed by atoms with E-state index in [1.807, 2.05) is 0 Å². The van der Waals surface area contributed by atoms with Gasteiger partial charge in [-0.05, 0) is 6.07 Å². The van der Waals surface area contributed by atoms with Crippen molar-refractivity contribution in [2.75, 3.05) is 11.3 Å². The molecule has 1 aromatic carbocycles. The third-order valence-corrected chi connectivity index (χ3v) is 2.84. The molecule has 104 valence electrons. The first kappa shape index (κ1) is 14.0. The average Bonchev–Trinajstić information content (AvgIpc) is 2.77. The molecule has 0 radical (unpaired) electrons. The van der Waals surface area contributed by atoms with E-state index in [2.05, 4.69) is 20.7 Å². The smallest absolute Gasteiger partial charge is 0.335 e. The van der Waals surface area contributed by atoms with E-state index >= 15 is 0 Å². The predicted molar refractivity (Wildman–Crippen MR) is 72.9 cm³/mol. The summed E-state index contributed by atoms with van der Waals surface area (Å²) in [4.78, 5) is 10.5. The molecule has 0 atom stereocenters. The van der Waals surface area contributed by atoms with Crippen molar-refractivity contribution in [2.24, 2.45) is 5.10 Å². The molecule has 0 unspecified atom stereocenters. The van der Waals surface area contributed by atoms with Gasteiger partial charge in [0.2, 0.25) is 0 Å². The van der Waals surface area contributed by atoms with Gasteiger partial charge in [0.15, 0.2) is 0 Å². The lowest BCUT2D eigenvalue weighted by atomic mass is 10.2. The first-order chi connectivity index (χ1) is 9.49. The van der Waals surface area contributed by atoms with Crippen molar-refractivity contribution >= 4 is 41.1 Å². The summed E-state index contributed by atoms with van der Waals surface area (Å²) < 4.78 is 1.12. The topological polar surface area (TPSA) is 121 Å². The third-order valence-electron chi connectivity index (χ3n) is 2.21. The van der Waals surface area contributed by atoms with Gasteiger partial charge < -0.3 is 5.84 Å². The molecule has 0 aliphatic carbocycles. The Kier molecular flexibility index (Phi) is 4.01. The molecule has 0 aliphatic heterocycles. The van der Waals surface area contributed by atoms with Gasteiger partial charge in [0.05, 0.1) is 16.1 Å². The number of nitrogens with two attached hydrogens (primary N) is 1. The van der Waals surface area contributed by atoms with E-state index < -0.39 is 0 Å². The molecule has 11 heteroatoms. The first-order valence-corrected chi connectivity index (χ1v) is 5.84. The zero-order valence-corrected chi connectivity index (χ0v) is 11.2. The fourth-order valence-corrected chi connectivity index (χ4v) is 1.79. The van der Waals surface area contributed by atoms with E-state index in [9.17, 15) is 4.91 Å². The minimum Gasteiger partial charge on any atom is -0.335 e. The molecule has 20 heavy (non-hydrogen) atoms. The van der Waals surface area contributed by atoms with Gasteiger partial charge in [0.1, 0.15) is 11.3 Å². The van der Waals surface area contributed by atoms with Crippen LogP contribution in [0.2, 0.25) is 10.0 Å². The Labute approximate surface area is 122 Å². The molecular formula is C9H8Cl2N7O2+. The Morgan fingerprint density at radius 1 is 1.45 bits per heavy atom. The number of nitrogens with one attached hydrogen (secondary N) is 1. The van der Waals surface area contributed by atoms with Gasteiger partial charge in [0.25, 0.3) is 10.9 Å². The van der Waals surface area contributed by atoms with E-state index in [-0.39, 0.29) is 26.6 Å². The van der Waals surface area contributed by atoms with Crippen molar-refractivity contribution in [3.63, 3.8) is 0 Å². The summed E-state index contributed by atoms with van der Waals surface area (Å²) in [5.74, 6) is 5.67. The Morgan fingerprint density at radius 2 is 2.20 bits per heavy atom. The Balaban J connectivity index is 2.23. The normalized spacial score (nSPS) is 10.9. The van der Waals surface area contributed by atoms with E-state index in [0.29, 0.717) is 5.56 Å². The van der Waals surface area contributed by atoms with Crippen LogP contribution in [0.4, 0.5) is 11.6 Å². The monoisotopic (exact) mass is 316 g/mol. The van der Waals surface area contributed by atoms with Crippen molar-refractivity contribution in [3.8, 4) is 0 Å². The summed E-state index contributed by atoms with van der Waals surface area (Å²) in [5.41, 5.74) is 2.72. The number of nitrogen functional groups attached to an aromatic ring is 1. The summed E-state index contributed by atoms with van der Waals surface area (Å²) in [6.45, 7) is 0. The van der Waals surface area contributed by atoms with Crippen LogP contribution in [-0.4, -0.2) is 31.2 Å². The summed E-state index contributed by atoms with van der Waals surface area (Å²) in [7, 11) is 0. The zero-order valence-electron chi connectivity index (χ0n) is 9.73. The number of hydrogen-bond donors (Lipinski definition) is 3. The molecule has 0 saturated carbocycles. The lowest BCUT2D eigenvalue weighted by Gasteiger charge is -2.00. The molecule has 0 aliphatic rings. The van der Waals surface area contributed by atoms with Crippen LogP contribution in [0.25, 0.3) is 0 Å². The number of hydrogen-bond acceptors (Lipinski definition) is 6. The summed E-state index contributed by atoms with van der Waals surface area (Å²) in [5, 5.41) is 20.2. The van der Waals surface area contributed by atoms with Gasteiger partial charge in [0, 0.05) is 11.6 Å². The van der Waals surface area contributed by atoms with Gasteiger partial charge in [-0.2, -0.15) is 5.10 Å². The predicted octanol–water partition coefficient (Wildman–Crippen LogP) is 1.54. The van der Waals surface area contributed by atoms with Gasteiger partial charge >= 0.3 is 5.69 Å². The van der Waals surface area contributed by atoms with Crippen molar-refractivity contribution in [1.29, 1.82) is 0 Å². The number of rotatable bonds is 4. The van der Waals surface area contributed by atoms with E-state index in [0.717, 1.165) is 4.68 Å². The van der Waals surface area contributed by atoms with Gasteiger partial charge in [-0.15, -0.1) is 10.2 Å². The summed E-state index contributed by atoms with van der Waals surface area (Å²) >= 11 is 11.7. The maximum atomic E-state index is 10.9. The number of nitrogens with zero attached hydrogens (tertiary/aromatic N) is 5. The van der Waals surface area contributed by atoms with Crippen LogP contribution >= 0.6 is 23.2 Å². The highest BCUT2D eigenvalue weighted by molar-refractivity contribution is 6.37. The SMILES string of the molecule is Nn1cnnc1N/N=C/c1cc([N+](=O)O)c(Cl)cc1Cl. The van der Waals surface area contributed by atoms with Crippen molar-refractivity contribution in [2.45, 2.75) is 0 Å². The molecule has 0 bridgehead atoms. The van der Waals surface area contributed by atoms with Gasteiger partial charge in [-0.3, -0.25) is 0 Å². The molecule has 1 heterocycles. The van der Waals surface area contributed by atoms with Crippen molar-refractivity contribution in [3.05, 3.63) is 39.0 Å². The minimum atomic E-state index is -0.361. The van der Waals surface area contributed by atoms with Crippen LogP contribution in [0.3, 0.4) is 0 Å². The minimum absolute atomic E-state index is 0.0133. The summed E-state index contributed by atoms with van der Waals surface area (Å²) in [6.07, 6.45) is 2.59. The lowest BCUT2D eigenvalue weighted by Crippen LogP contribution is -2.10. The molecule has 9 nitrogen and oxygen atoms in total. The molecule has 4 N–H and O–H groups in total. The van der Waals surface area contributed by atoms with Gasteiger partial charge in [-0.25, -0.2) is 15.3 Å². The maximum Gasteiger partial charge on any atom is 0.335 e. The average molecular weight is 317 g/mol. The van der Waals surface area contributed by atoms with Crippen molar-refractivity contribution < 1.29 is 10.1 Å². The van der Waals surface area contributed by atoms with Crippen LogP contribution in [0.15, 0.2) is 23.6 Å². The van der Waals surface area contributed by atoms with Crippen LogP contribution in [0.1, 0.15) is 5.56 Å². The van der Waals surface area contributed by atoms with E-state index in [1.165, 1.54) is 24.7 Å². The Morgan fingerprint density at radius 3 is 2.80 bits per heavy atom. The standard InChI is InChI=1S/C9H8Cl2N7O2/c10-6-2-7(11)8(18(19)20)1-5(6)3-13-15-9-16-14-4-17(9)12/h1-4H,12H2,(H,15,16)(H,19,20)/q+1/b13-3+. The van der Waals surface area contributed by atoms with Crippen LogP contribution in [-0.2, 0) is 0 Å². The highest BCUT2D eigenvalue weighted by atomic mass is 35.5. The molecule has 2 aromatic rings. The Hall–Kier alpha value is -2.39. The van der Waals surface area contributed by atoms with Crippen LogP contribution in [0.5, 0.6) is 0 Å². The van der Waals surface area contributed by atoms with E-state index in [1.54, 1.807) is 0 Å². The lowest BCUT2D eigenvalue weighted by molar-refractivity contribution is -0.729. The fourth-order valence-electron chi connectivity index (χ4n) is 1.28. The molecular weight excluding hydrogens is 309 g/mol. The van der Waals surface area contributed by atoms with Crippen molar-refractivity contribution in [1.82, 2.24) is 14.9 Å². The molecule has 0 spiro atoms. The fraction of sp³-hybridized carbons (Fsp3) is 0. The number of hydrazone groups is 1. The highest BCUT2D eigenvalue weighted by Crippen LogP contribution is 2.29. The summed E-state index contributed by atoms with van der Waals surface area (Å²) in [6, 6.07) is 2.59. The number of aromatic nitrogens is 3. The van der Waals surface area contributed by atoms with Crippen LogP contribution < -0.4 is 11.3 Å². The zero-order chi connectivity index (χ0) is 14.7. The molecule has 0 saturated heterocycles. The molecule has 1 aromatic heterocycles. The molecule has 2 rings (SSSR count). The molecule has 0 fully saturated rings. The van der Waals surface area contributed by atoms with Crippen LogP contribution in [0, 0.1) is 4.91 Å². The maximum absolute atomic E-state index is 10.9. The Bertz CT molecular complexity index is 685. The molecule has 0 amide bonds. The number of halogens is 2. The third kappa shape index (κ3) is 2.95. The second-order valence-electron chi connectivity index (χ2n) is 3.53. The highest BCUT2D eigenvalue weighted by Gasteiger charge is 2.19. The number of anilines is 1. The largest absolute Gasteiger partial charge is 0.335 e. The quantitative estimate of drug-likeness (QED) is 0.447. The van der Waals surface area contributed by atoms with E-state index in [4.69, 9.17) is 34.3 Å². The second-order valence-corrected chi connectivity index (χ2v) is 4.34. The van der Waals surface area contributed by atoms with Gasteiger partial charge in [-0.1, -0.05) is 23.2 Å².